The van der Waals surface area contributed by atoms with Crippen LogP contribution in [0, 0.1) is 11.6 Å². The van der Waals surface area contributed by atoms with Crippen LogP contribution in [-0.4, -0.2) is 29.2 Å². The Kier molecular flexibility index (Phi) is 5.36. The number of hydrogen-bond donors (Lipinski definition) is 2. The second kappa shape index (κ2) is 8.33. The van der Waals surface area contributed by atoms with Gasteiger partial charge in [-0.05, 0) is 42.1 Å². The van der Waals surface area contributed by atoms with Crippen molar-refractivity contribution in [1.82, 2.24) is 15.3 Å². The lowest BCUT2D eigenvalue weighted by molar-refractivity contribution is 0.136. The van der Waals surface area contributed by atoms with Gasteiger partial charge in [0.15, 0.2) is 11.6 Å². The fourth-order valence-corrected chi connectivity index (χ4v) is 4.78. The molecule has 9 heteroatoms. The third kappa shape index (κ3) is 3.53. The minimum absolute atomic E-state index is 0.122. The van der Waals surface area contributed by atoms with Gasteiger partial charge in [0.25, 0.3) is 0 Å². The number of benzene rings is 2. The van der Waals surface area contributed by atoms with E-state index < -0.39 is 17.7 Å². The molecule has 6 nitrogen and oxygen atoms in total. The van der Waals surface area contributed by atoms with Crippen LogP contribution >= 0.6 is 11.3 Å². The molecule has 3 heterocycles. The molecule has 164 valence electrons. The predicted molar refractivity (Wildman–Crippen MR) is 120 cm³/mol. The zero-order chi connectivity index (χ0) is 22.2. The Morgan fingerprint density at radius 2 is 2.09 bits per heavy atom. The normalized spacial score (nSPS) is 16.2. The van der Waals surface area contributed by atoms with Crippen molar-refractivity contribution in [1.29, 1.82) is 0 Å². The van der Waals surface area contributed by atoms with E-state index in [-0.39, 0.29) is 23.7 Å². The number of anilines is 1. The zero-order valence-electron chi connectivity index (χ0n) is 17.2. The average molecular weight is 455 g/mol. The second-order valence-electron chi connectivity index (χ2n) is 7.44. The highest BCUT2D eigenvalue weighted by molar-refractivity contribution is 7.10. The first-order chi connectivity index (χ1) is 15.6. The molecule has 1 unspecified atom stereocenters. The number of fused-ring (bicyclic) bond motifs is 1. The molecule has 2 aromatic carbocycles. The van der Waals surface area contributed by atoms with Crippen LogP contribution in [0.4, 0.5) is 19.3 Å². The van der Waals surface area contributed by atoms with Crippen molar-refractivity contribution < 1.29 is 18.3 Å². The minimum atomic E-state index is -0.951. The fraction of sp³-hybridized carbons (Fsp3) is 0.217. The lowest BCUT2D eigenvalue weighted by atomic mass is 9.99. The number of carbonyl (C=O) groups is 1. The topological polar surface area (TPSA) is 70.2 Å². The van der Waals surface area contributed by atoms with Gasteiger partial charge in [0.1, 0.15) is 0 Å². The molecule has 0 bridgehead atoms. The fourth-order valence-electron chi connectivity index (χ4n) is 3.96. The van der Waals surface area contributed by atoms with Gasteiger partial charge < -0.3 is 15.0 Å². The van der Waals surface area contributed by atoms with Crippen molar-refractivity contribution in [3.05, 3.63) is 70.2 Å². The lowest BCUT2D eigenvalue weighted by Crippen LogP contribution is -2.30. The summed E-state index contributed by atoms with van der Waals surface area (Å²) in [7, 11) is 0. The number of thiophene rings is 1. The highest BCUT2D eigenvalue weighted by Crippen LogP contribution is 2.37. The Balaban J connectivity index is 1.49. The number of hydrogen-bond acceptors (Lipinski definition) is 4. The Morgan fingerprint density at radius 1 is 1.22 bits per heavy atom. The first-order valence-electron chi connectivity index (χ1n) is 10.2. The third-order valence-corrected chi connectivity index (χ3v) is 6.45. The summed E-state index contributed by atoms with van der Waals surface area (Å²) in [5, 5.41) is 4.52. The molecule has 2 N–H and O–H groups in total. The molecule has 1 aliphatic heterocycles. The van der Waals surface area contributed by atoms with Crippen molar-refractivity contribution in [2.45, 2.75) is 19.6 Å². The van der Waals surface area contributed by atoms with E-state index in [1.165, 1.54) is 16.2 Å². The third-order valence-electron chi connectivity index (χ3n) is 5.54. The van der Waals surface area contributed by atoms with Crippen molar-refractivity contribution in [3.63, 3.8) is 0 Å². The number of amides is 2. The monoisotopic (exact) mass is 454 g/mol. The molecule has 0 aliphatic carbocycles. The highest BCUT2D eigenvalue weighted by atomic mass is 32.1. The molecule has 1 fully saturated rings. The summed E-state index contributed by atoms with van der Waals surface area (Å²) in [5.41, 5.74) is 2.98. The maximum atomic E-state index is 15.2. The molecule has 1 aliphatic rings. The van der Waals surface area contributed by atoms with E-state index in [0.29, 0.717) is 30.0 Å². The minimum Gasteiger partial charge on any atom is -0.376 e. The van der Waals surface area contributed by atoms with E-state index in [1.54, 1.807) is 42.0 Å². The smallest absolute Gasteiger partial charge is 0.322 e. The van der Waals surface area contributed by atoms with Crippen LogP contribution in [0.2, 0.25) is 0 Å². The van der Waals surface area contributed by atoms with Crippen LogP contribution in [0.5, 0.6) is 0 Å². The summed E-state index contributed by atoms with van der Waals surface area (Å²) < 4.78 is 35.8. The Morgan fingerprint density at radius 3 is 2.94 bits per heavy atom. The Labute approximate surface area is 186 Å². The Hall–Kier alpha value is -3.30. The maximum Gasteiger partial charge on any atom is 0.322 e. The number of aromatic amines is 1. The molecule has 1 saturated heterocycles. The van der Waals surface area contributed by atoms with Crippen LogP contribution in [0.25, 0.3) is 22.2 Å². The molecule has 2 amide bonds. The van der Waals surface area contributed by atoms with Gasteiger partial charge in [-0.2, -0.15) is 0 Å². The number of nitrogens with one attached hydrogen (secondary N) is 2. The lowest BCUT2D eigenvalue weighted by Gasteiger charge is -2.24. The summed E-state index contributed by atoms with van der Waals surface area (Å²) in [6, 6.07) is 9.19. The van der Waals surface area contributed by atoms with Crippen LogP contribution in [0.15, 0.2) is 48.1 Å². The van der Waals surface area contributed by atoms with Gasteiger partial charge in [-0.1, -0.05) is 12.1 Å². The standard InChI is InChI=1S/C23H20F2N4O2S/c1-2-31-10-15-7-13(11-32-15)16-4-5-17(22(25)21(16)24)20-9-26-23(30)29(20)14-3-6-18-19(8-14)28-12-27-18/h3-8,11-12,20H,2,9-10H2,1H3,(H,26,30)(H,27,28). The maximum absolute atomic E-state index is 15.2. The highest BCUT2D eigenvalue weighted by Gasteiger charge is 2.36. The molecular formula is C23H20F2N4O2S. The van der Waals surface area contributed by atoms with Crippen molar-refractivity contribution in [2.75, 3.05) is 18.1 Å². The summed E-state index contributed by atoms with van der Waals surface area (Å²) in [5.74, 6) is -1.88. The number of ether oxygens (including phenoxy) is 1. The van der Waals surface area contributed by atoms with Gasteiger partial charge >= 0.3 is 6.03 Å². The summed E-state index contributed by atoms with van der Waals surface area (Å²) >= 11 is 1.44. The molecule has 0 spiro atoms. The number of urea groups is 1. The molecule has 5 rings (SSSR count). The van der Waals surface area contributed by atoms with E-state index in [2.05, 4.69) is 15.3 Å². The summed E-state index contributed by atoms with van der Waals surface area (Å²) in [6.07, 6.45) is 1.56. The van der Waals surface area contributed by atoms with Crippen LogP contribution in [0.1, 0.15) is 23.4 Å². The van der Waals surface area contributed by atoms with Gasteiger partial charge in [0.05, 0.1) is 30.0 Å². The first kappa shape index (κ1) is 20.6. The predicted octanol–water partition coefficient (Wildman–Crippen LogP) is 5.38. The second-order valence-corrected chi connectivity index (χ2v) is 8.44. The quantitative estimate of drug-likeness (QED) is 0.411. The zero-order valence-corrected chi connectivity index (χ0v) is 18.0. The molecule has 4 aromatic rings. The van der Waals surface area contributed by atoms with Gasteiger partial charge in [-0.15, -0.1) is 11.3 Å². The number of H-pyrrole nitrogens is 1. The van der Waals surface area contributed by atoms with Gasteiger partial charge in [0, 0.05) is 34.8 Å². The summed E-state index contributed by atoms with van der Waals surface area (Å²) in [6.45, 7) is 3.10. The molecule has 32 heavy (non-hydrogen) atoms. The van der Waals surface area contributed by atoms with Crippen molar-refractivity contribution >= 4 is 34.1 Å². The number of rotatable bonds is 6. The number of halogens is 2. The van der Waals surface area contributed by atoms with E-state index in [9.17, 15) is 4.79 Å². The van der Waals surface area contributed by atoms with E-state index in [0.717, 1.165) is 10.4 Å². The number of nitrogens with zero attached hydrogens (tertiary/aromatic N) is 2. The van der Waals surface area contributed by atoms with Gasteiger partial charge in [0.2, 0.25) is 0 Å². The van der Waals surface area contributed by atoms with Crippen molar-refractivity contribution in [3.8, 4) is 11.1 Å². The number of carbonyl (C=O) groups excluding carboxylic acids is 1. The SMILES string of the molecule is CCOCc1cc(-c2ccc(C3CNC(=O)N3c3ccc4[nH]cnc4c3)c(F)c2F)cs1. The van der Waals surface area contributed by atoms with Crippen LogP contribution < -0.4 is 10.2 Å². The largest absolute Gasteiger partial charge is 0.376 e. The van der Waals surface area contributed by atoms with E-state index in [4.69, 9.17) is 4.74 Å². The van der Waals surface area contributed by atoms with E-state index >= 15 is 8.78 Å². The first-order valence-corrected chi connectivity index (χ1v) is 11.1. The Bertz CT molecular complexity index is 1300. The molecule has 1 atom stereocenters. The molecule has 2 aromatic heterocycles. The van der Waals surface area contributed by atoms with Crippen LogP contribution in [0.3, 0.4) is 0 Å². The number of imidazole rings is 1. The van der Waals surface area contributed by atoms with Crippen LogP contribution in [-0.2, 0) is 11.3 Å². The molecule has 0 saturated carbocycles. The van der Waals surface area contributed by atoms with Gasteiger partial charge in [-0.25, -0.2) is 18.6 Å². The average Bonchev–Trinajstić information content (AvgIpc) is 3.53. The van der Waals surface area contributed by atoms with Crippen molar-refractivity contribution in [2.24, 2.45) is 0 Å². The number of aromatic nitrogens is 2. The molecule has 0 radical (unpaired) electrons. The van der Waals surface area contributed by atoms with Gasteiger partial charge in [-0.3, -0.25) is 4.90 Å². The van der Waals surface area contributed by atoms with E-state index in [1.807, 2.05) is 13.0 Å². The summed E-state index contributed by atoms with van der Waals surface area (Å²) in [4.78, 5) is 22.2. The molecular weight excluding hydrogens is 434 g/mol.